The number of rotatable bonds is 7. The summed E-state index contributed by atoms with van der Waals surface area (Å²) in [4.78, 5) is 25.2. The van der Waals surface area contributed by atoms with Gasteiger partial charge in [0.1, 0.15) is 5.82 Å². The molecule has 0 aliphatic carbocycles. The van der Waals surface area contributed by atoms with Crippen molar-refractivity contribution in [3.8, 4) is 0 Å². The van der Waals surface area contributed by atoms with Gasteiger partial charge in [-0.3, -0.25) is 9.59 Å². The first-order valence-electron chi connectivity index (χ1n) is 8.05. The fraction of sp³-hybridized carbons (Fsp3) is 0.200. The van der Waals surface area contributed by atoms with E-state index in [9.17, 15) is 14.0 Å². The molecule has 0 bridgehead atoms. The van der Waals surface area contributed by atoms with Crippen LogP contribution < -0.4 is 5.32 Å². The minimum Gasteiger partial charge on any atom is -0.355 e. The number of amides is 2. The molecule has 4 nitrogen and oxygen atoms in total. The van der Waals surface area contributed by atoms with Gasteiger partial charge >= 0.3 is 0 Å². The van der Waals surface area contributed by atoms with E-state index in [1.807, 2.05) is 30.3 Å². The standard InChI is InChI=1S/C20H21FN2O2/c1-16(24)22-12-13-23(15-18-6-3-2-4-7-18)20(25)11-10-17-8-5-9-19(21)14-17/h2-11,14H,12-13,15H2,1H3,(H,22,24). The van der Waals surface area contributed by atoms with Crippen molar-refractivity contribution in [2.75, 3.05) is 13.1 Å². The van der Waals surface area contributed by atoms with Gasteiger partial charge in [-0.05, 0) is 29.3 Å². The molecule has 2 aromatic carbocycles. The second kappa shape index (κ2) is 9.37. The van der Waals surface area contributed by atoms with Gasteiger partial charge in [0.15, 0.2) is 0 Å². The lowest BCUT2D eigenvalue weighted by molar-refractivity contribution is -0.127. The van der Waals surface area contributed by atoms with E-state index in [0.29, 0.717) is 25.2 Å². The Morgan fingerprint density at radius 2 is 1.88 bits per heavy atom. The predicted molar refractivity (Wildman–Crippen MR) is 96.0 cm³/mol. The molecule has 0 radical (unpaired) electrons. The van der Waals surface area contributed by atoms with Crippen molar-refractivity contribution in [2.45, 2.75) is 13.5 Å². The molecule has 0 spiro atoms. The zero-order valence-electron chi connectivity index (χ0n) is 14.1. The summed E-state index contributed by atoms with van der Waals surface area (Å²) in [5, 5.41) is 2.69. The van der Waals surface area contributed by atoms with Crippen LogP contribution in [0.1, 0.15) is 18.1 Å². The molecule has 0 saturated heterocycles. The van der Waals surface area contributed by atoms with Crippen LogP contribution in [-0.4, -0.2) is 29.8 Å². The Kier molecular flexibility index (Phi) is 6.89. The third kappa shape index (κ3) is 6.59. The largest absolute Gasteiger partial charge is 0.355 e. The van der Waals surface area contributed by atoms with E-state index in [2.05, 4.69) is 5.32 Å². The quantitative estimate of drug-likeness (QED) is 0.788. The molecular weight excluding hydrogens is 319 g/mol. The molecule has 0 unspecified atom stereocenters. The number of hydrogen-bond acceptors (Lipinski definition) is 2. The smallest absolute Gasteiger partial charge is 0.246 e. The topological polar surface area (TPSA) is 49.4 Å². The first-order valence-corrected chi connectivity index (χ1v) is 8.05. The normalized spacial score (nSPS) is 10.6. The van der Waals surface area contributed by atoms with Gasteiger partial charge in [-0.25, -0.2) is 4.39 Å². The second-order valence-electron chi connectivity index (χ2n) is 5.62. The lowest BCUT2D eigenvalue weighted by atomic mass is 10.2. The van der Waals surface area contributed by atoms with Gasteiger partial charge in [0, 0.05) is 32.6 Å². The Balaban J connectivity index is 2.06. The molecule has 2 amide bonds. The van der Waals surface area contributed by atoms with E-state index < -0.39 is 0 Å². The molecule has 1 N–H and O–H groups in total. The molecule has 0 aliphatic rings. The van der Waals surface area contributed by atoms with Crippen LogP contribution >= 0.6 is 0 Å². The molecule has 0 saturated carbocycles. The first kappa shape index (κ1) is 18.4. The van der Waals surface area contributed by atoms with Gasteiger partial charge in [-0.1, -0.05) is 42.5 Å². The lowest BCUT2D eigenvalue weighted by Gasteiger charge is -2.21. The van der Waals surface area contributed by atoms with E-state index in [4.69, 9.17) is 0 Å². The second-order valence-corrected chi connectivity index (χ2v) is 5.62. The maximum Gasteiger partial charge on any atom is 0.246 e. The van der Waals surface area contributed by atoms with Gasteiger partial charge in [0.25, 0.3) is 0 Å². The number of carbonyl (C=O) groups is 2. The molecule has 5 heteroatoms. The molecule has 2 rings (SSSR count). The molecule has 0 atom stereocenters. The summed E-state index contributed by atoms with van der Waals surface area (Å²) in [7, 11) is 0. The minimum absolute atomic E-state index is 0.137. The summed E-state index contributed by atoms with van der Waals surface area (Å²) in [6, 6.07) is 15.7. The van der Waals surface area contributed by atoms with E-state index in [1.54, 1.807) is 23.1 Å². The third-order valence-electron chi connectivity index (χ3n) is 3.55. The van der Waals surface area contributed by atoms with Crippen LogP contribution in [0.4, 0.5) is 4.39 Å². The maximum atomic E-state index is 13.2. The number of halogens is 1. The maximum absolute atomic E-state index is 13.2. The van der Waals surface area contributed by atoms with E-state index in [0.717, 1.165) is 5.56 Å². The molecule has 0 aliphatic heterocycles. The monoisotopic (exact) mass is 340 g/mol. The highest BCUT2D eigenvalue weighted by atomic mass is 19.1. The fourth-order valence-corrected chi connectivity index (χ4v) is 2.32. The van der Waals surface area contributed by atoms with E-state index in [1.165, 1.54) is 25.1 Å². The highest BCUT2D eigenvalue weighted by molar-refractivity contribution is 5.91. The number of hydrogen-bond donors (Lipinski definition) is 1. The molecule has 25 heavy (non-hydrogen) atoms. The summed E-state index contributed by atoms with van der Waals surface area (Å²) in [5.74, 6) is -0.678. The zero-order valence-corrected chi connectivity index (χ0v) is 14.1. The highest BCUT2D eigenvalue weighted by Gasteiger charge is 2.11. The van der Waals surface area contributed by atoms with E-state index >= 15 is 0 Å². The summed E-state index contributed by atoms with van der Waals surface area (Å²) in [6.07, 6.45) is 3.01. The van der Waals surface area contributed by atoms with Gasteiger partial charge in [0.05, 0.1) is 0 Å². The summed E-state index contributed by atoms with van der Waals surface area (Å²) < 4.78 is 13.2. The van der Waals surface area contributed by atoms with Crippen molar-refractivity contribution in [1.82, 2.24) is 10.2 Å². The van der Waals surface area contributed by atoms with Crippen molar-refractivity contribution in [3.05, 3.63) is 77.6 Å². The Labute approximate surface area is 147 Å². The summed E-state index contributed by atoms with van der Waals surface area (Å²) in [5.41, 5.74) is 1.62. The predicted octanol–water partition coefficient (Wildman–Crippen LogP) is 3.00. The number of benzene rings is 2. The van der Waals surface area contributed by atoms with Gasteiger partial charge < -0.3 is 10.2 Å². The van der Waals surface area contributed by atoms with Crippen molar-refractivity contribution in [2.24, 2.45) is 0 Å². The van der Waals surface area contributed by atoms with Gasteiger partial charge in [-0.2, -0.15) is 0 Å². The van der Waals surface area contributed by atoms with E-state index in [-0.39, 0.29) is 17.6 Å². The van der Waals surface area contributed by atoms with Gasteiger partial charge in [-0.15, -0.1) is 0 Å². The number of nitrogens with one attached hydrogen (secondary N) is 1. The Morgan fingerprint density at radius 3 is 2.56 bits per heavy atom. The number of nitrogens with zero attached hydrogens (tertiary/aromatic N) is 1. The van der Waals surface area contributed by atoms with Crippen molar-refractivity contribution in [1.29, 1.82) is 0 Å². The lowest BCUT2D eigenvalue weighted by Crippen LogP contribution is -2.36. The van der Waals surface area contributed by atoms with Crippen molar-refractivity contribution < 1.29 is 14.0 Å². The highest BCUT2D eigenvalue weighted by Crippen LogP contribution is 2.08. The SMILES string of the molecule is CC(=O)NCCN(Cc1ccccc1)C(=O)C=Cc1cccc(F)c1. The van der Waals surface area contributed by atoms with Crippen LogP contribution in [0.15, 0.2) is 60.7 Å². The molecule has 0 fully saturated rings. The Bertz CT molecular complexity index is 744. The summed E-state index contributed by atoms with van der Waals surface area (Å²) in [6.45, 7) is 2.64. The fourth-order valence-electron chi connectivity index (χ4n) is 2.32. The van der Waals surface area contributed by atoms with Crippen molar-refractivity contribution >= 4 is 17.9 Å². The van der Waals surface area contributed by atoms with Crippen LogP contribution in [0.2, 0.25) is 0 Å². The number of carbonyl (C=O) groups excluding carboxylic acids is 2. The van der Waals surface area contributed by atoms with Gasteiger partial charge in [0.2, 0.25) is 11.8 Å². The average molecular weight is 340 g/mol. The molecule has 2 aromatic rings. The molecule has 0 heterocycles. The molecule has 130 valence electrons. The van der Waals surface area contributed by atoms with Crippen molar-refractivity contribution in [3.63, 3.8) is 0 Å². The van der Waals surface area contributed by atoms with Crippen LogP contribution in [0, 0.1) is 5.82 Å². The molecule has 0 aromatic heterocycles. The Hall–Kier alpha value is -2.95. The third-order valence-corrected chi connectivity index (χ3v) is 3.55. The van der Waals surface area contributed by atoms with Crippen LogP contribution in [0.25, 0.3) is 6.08 Å². The average Bonchev–Trinajstić information content (AvgIpc) is 2.59. The minimum atomic E-state index is -0.346. The van der Waals surface area contributed by atoms with Crippen LogP contribution in [-0.2, 0) is 16.1 Å². The summed E-state index contributed by atoms with van der Waals surface area (Å²) >= 11 is 0. The first-order chi connectivity index (χ1) is 12.0. The van der Waals surface area contributed by atoms with Crippen LogP contribution in [0.5, 0.6) is 0 Å². The molecular formula is C20H21FN2O2. The Morgan fingerprint density at radius 1 is 1.12 bits per heavy atom. The zero-order chi connectivity index (χ0) is 18.1. The van der Waals surface area contributed by atoms with Crippen LogP contribution in [0.3, 0.4) is 0 Å².